The molecule has 0 saturated carbocycles. The van der Waals surface area contributed by atoms with Crippen LogP contribution in [0.4, 0.5) is 0 Å². The minimum atomic E-state index is 0.102. The number of nitrogens with one attached hydrogen (secondary N) is 1. The van der Waals surface area contributed by atoms with E-state index in [1.807, 2.05) is 29.2 Å². The molecule has 1 aromatic heterocycles. The highest BCUT2D eigenvalue weighted by Crippen LogP contribution is 2.31. The lowest BCUT2D eigenvalue weighted by atomic mass is 10.0. The van der Waals surface area contributed by atoms with Crippen molar-refractivity contribution in [3.8, 4) is 5.75 Å². The van der Waals surface area contributed by atoms with Gasteiger partial charge in [0.05, 0.1) is 7.11 Å². The summed E-state index contributed by atoms with van der Waals surface area (Å²) in [6.07, 6.45) is 0.826. The molecule has 0 fully saturated rings. The molecular weight excluding hydrogens is 360 g/mol. The van der Waals surface area contributed by atoms with E-state index in [-0.39, 0.29) is 5.91 Å². The second-order valence-corrected chi connectivity index (χ2v) is 7.48. The summed E-state index contributed by atoms with van der Waals surface area (Å²) in [6.45, 7) is 5.14. The van der Waals surface area contributed by atoms with Crippen LogP contribution in [0.25, 0.3) is 21.8 Å². The molecule has 1 amide bonds. The Bertz CT molecular complexity index is 1160. The predicted octanol–water partition coefficient (Wildman–Crippen LogP) is 5.23. The van der Waals surface area contributed by atoms with Crippen molar-refractivity contribution < 1.29 is 9.53 Å². The van der Waals surface area contributed by atoms with Crippen molar-refractivity contribution in [2.24, 2.45) is 0 Å². The van der Waals surface area contributed by atoms with Crippen LogP contribution in [0.15, 0.2) is 60.7 Å². The van der Waals surface area contributed by atoms with Gasteiger partial charge in [0, 0.05) is 41.8 Å². The van der Waals surface area contributed by atoms with Crippen LogP contribution in [0.1, 0.15) is 23.6 Å². The van der Waals surface area contributed by atoms with Gasteiger partial charge in [-0.05, 0) is 48.2 Å². The maximum Gasteiger partial charge on any atom is 0.219 e. The molecule has 1 N–H and O–H groups in total. The van der Waals surface area contributed by atoms with Gasteiger partial charge in [0.15, 0.2) is 0 Å². The number of carbonyl (C=O) groups is 1. The summed E-state index contributed by atoms with van der Waals surface area (Å²) in [7, 11) is 1.69. The minimum Gasteiger partial charge on any atom is -0.497 e. The molecule has 0 unspecified atom stereocenters. The van der Waals surface area contributed by atoms with Crippen LogP contribution in [-0.2, 0) is 17.8 Å². The zero-order chi connectivity index (χ0) is 20.4. The topological polar surface area (TPSA) is 45.3 Å². The summed E-state index contributed by atoms with van der Waals surface area (Å²) in [6, 6.07) is 20.6. The summed E-state index contributed by atoms with van der Waals surface area (Å²) < 4.78 is 5.38. The van der Waals surface area contributed by atoms with E-state index in [1.165, 1.54) is 21.9 Å². The number of aromatic amines is 1. The van der Waals surface area contributed by atoms with E-state index in [0.29, 0.717) is 13.1 Å². The van der Waals surface area contributed by atoms with Gasteiger partial charge in [0.2, 0.25) is 5.91 Å². The molecular formula is C25H26N2O2. The fraction of sp³-hybridized carbons (Fsp3) is 0.240. The Morgan fingerprint density at radius 1 is 1.03 bits per heavy atom. The number of ether oxygens (including phenoxy) is 1. The van der Waals surface area contributed by atoms with Gasteiger partial charge in [0.25, 0.3) is 0 Å². The van der Waals surface area contributed by atoms with Crippen LogP contribution in [0.5, 0.6) is 5.75 Å². The molecule has 29 heavy (non-hydrogen) atoms. The SMILES string of the molecule is COc1ccc2[nH]c3c(C)c(CCN(Cc4ccccc4)C(C)=O)ccc3c2c1. The maximum atomic E-state index is 12.2. The number of benzene rings is 3. The number of aryl methyl sites for hydroxylation is 1. The van der Waals surface area contributed by atoms with E-state index < -0.39 is 0 Å². The molecule has 0 radical (unpaired) electrons. The molecule has 0 atom stereocenters. The standard InChI is InChI=1S/C25H26N2O2/c1-17-20(13-14-27(18(2)28)16-19-7-5-4-6-8-19)9-11-22-23-15-21(29-3)10-12-24(23)26-25(17)22/h4-12,15,26H,13-14,16H2,1-3H3. The van der Waals surface area contributed by atoms with Gasteiger partial charge in [-0.3, -0.25) is 4.79 Å². The van der Waals surface area contributed by atoms with Crippen LogP contribution in [0, 0.1) is 6.92 Å². The number of hydrogen-bond acceptors (Lipinski definition) is 2. The third-order valence-electron chi connectivity index (χ3n) is 5.67. The summed E-state index contributed by atoms with van der Waals surface area (Å²) in [4.78, 5) is 17.6. The van der Waals surface area contributed by atoms with Crippen LogP contribution < -0.4 is 4.74 Å². The number of hydrogen-bond donors (Lipinski definition) is 1. The molecule has 0 bridgehead atoms. The van der Waals surface area contributed by atoms with Gasteiger partial charge in [-0.15, -0.1) is 0 Å². The summed E-state index contributed by atoms with van der Waals surface area (Å²) in [5.74, 6) is 0.962. The molecule has 4 aromatic rings. The highest BCUT2D eigenvalue weighted by atomic mass is 16.5. The quantitative estimate of drug-likeness (QED) is 0.493. The average molecular weight is 386 g/mol. The fourth-order valence-electron chi connectivity index (χ4n) is 3.94. The van der Waals surface area contributed by atoms with E-state index in [4.69, 9.17) is 4.74 Å². The van der Waals surface area contributed by atoms with Crippen LogP contribution in [0.2, 0.25) is 0 Å². The van der Waals surface area contributed by atoms with Crippen molar-refractivity contribution in [1.82, 2.24) is 9.88 Å². The number of rotatable bonds is 6. The monoisotopic (exact) mass is 386 g/mol. The van der Waals surface area contributed by atoms with Crippen LogP contribution in [0.3, 0.4) is 0 Å². The van der Waals surface area contributed by atoms with Crippen LogP contribution >= 0.6 is 0 Å². The van der Waals surface area contributed by atoms with Crippen molar-refractivity contribution >= 4 is 27.7 Å². The van der Waals surface area contributed by atoms with Gasteiger partial charge in [-0.25, -0.2) is 0 Å². The Kier molecular flexibility index (Phi) is 5.26. The van der Waals surface area contributed by atoms with Gasteiger partial charge >= 0.3 is 0 Å². The van der Waals surface area contributed by atoms with Crippen LogP contribution in [-0.4, -0.2) is 29.4 Å². The van der Waals surface area contributed by atoms with Crippen molar-refractivity contribution in [3.63, 3.8) is 0 Å². The Morgan fingerprint density at radius 3 is 2.55 bits per heavy atom. The Morgan fingerprint density at radius 2 is 1.83 bits per heavy atom. The lowest BCUT2D eigenvalue weighted by Gasteiger charge is -2.22. The van der Waals surface area contributed by atoms with E-state index >= 15 is 0 Å². The van der Waals surface area contributed by atoms with Gasteiger partial charge < -0.3 is 14.6 Å². The highest BCUT2D eigenvalue weighted by molar-refractivity contribution is 6.08. The number of methoxy groups -OCH3 is 1. The molecule has 0 aliphatic rings. The number of H-pyrrole nitrogens is 1. The first-order chi connectivity index (χ1) is 14.1. The van der Waals surface area contributed by atoms with Gasteiger partial charge in [0.1, 0.15) is 5.75 Å². The third-order valence-corrected chi connectivity index (χ3v) is 5.67. The zero-order valence-corrected chi connectivity index (χ0v) is 17.2. The number of aromatic nitrogens is 1. The average Bonchev–Trinajstić information content (AvgIpc) is 3.11. The fourth-order valence-corrected chi connectivity index (χ4v) is 3.94. The Labute approximate surface area is 171 Å². The number of fused-ring (bicyclic) bond motifs is 3. The molecule has 148 valence electrons. The molecule has 4 heteroatoms. The number of carbonyl (C=O) groups excluding carboxylic acids is 1. The largest absolute Gasteiger partial charge is 0.497 e. The molecule has 0 saturated heterocycles. The Balaban J connectivity index is 1.59. The molecule has 3 aromatic carbocycles. The highest BCUT2D eigenvalue weighted by Gasteiger charge is 2.13. The summed E-state index contributed by atoms with van der Waals surface area (Å²) in [5.41, 5.74) is 5.91. The van der Waals surface area contributed by atoms with Crippen molar-refractivity contribution in [3.05, 3.63) is 77.4 Å². The first-order valence-corrected chi connectivity index (χ1v) is 9.94. The van der Waals surface area contributed by atoms with E-state index in [2.05, 4.69) is 48.3 Å². The first-order valence-electron chi connectivity index (χ1n) is 9.94. The second kappa shape index (κ2) is 8.00. The molecule has 0 spiro atoms. The first kappa shape index (κ1) is 19.1. The molecule has 0 aliphatic carbocycles. The zero-order valence-electron chi connectivity index (χ0n) is 17.2. The summed E-state index contributed by atoms with van der Waals surface area (Å²) in [5, 5.41) is 2.37. The number of nitrogens with zero attached hydrogens (tertiary/aromatic N) is 1. The molecule has 4 nitrogen and oxygen atoms in total. The maximum absolute atomic E-state index is 12.2. The normalized spacial score (nSPS) is 11.1. The lowest BCUT2D eigenvalue weighted by molar-refractivity contribution is -0.129. The van der Waals surface area contributed by atoms with Crippen molar-refractivity contribution in [2.45, 2.75) is 26.8 Å². The van der Waals surface area contributed by atoms with Gasteiger partial charge in [-0.1, -0.05) is 42.5 Å². The summed E-state index contributed by atoms with van der Waals surface area (Å²) >= 11 is 0. The Hall–Kier alpha value is -3.27. The predicted molar refractivity (Wildman–Crippen MR) is 118 cm³/mol. The van der Waals surface area contributed by atoms with E-state index in [1.54, 1.807) is 14.0 Å². The smallest absolute Gasteiger partial charge is 0.219 e. The van der Waals surface area contributed by atoms with E-state index in [9.17, 15) is 4.79 Å². The molecule has 0 aliphatic heterocycles. The molecule has 4 rings (SSSR count). The second-order valence-electron chi connectivity index (χ2n) is 7.48. The third kappa shape index (κ3) is 3.83. The van der Waals surface area contributed by atoms with Crippen molar-refractivity contribution in [1.29, 1.82) is 0 Å². The molecule has 1 heterocycles. The number of amides is 1. The van der Waals surface area contributed by atoms with Crippen molar-refractivity contribution in [2.75, 3.05) is 13.7 Å². The lowest BCUT2D eigenvalue weighted by Crippen LogP contribution is -2.30. The minimum absolute atomic E-state index is 0.102. The van der Waals surface area contributed by atoms with E-state index in [0.717, 1.165) is 28.8 Å². The van der Waals surface area contributed by atoms with Gasteiger partial charge in [-0.2, -0.15) is 0 Å².